The first-order valence-electron chi connectivity index (χ1n) is 5.10. The Balaban J connectivity index is 2.58. The van der Waals surface area contributed by atoms with E-state index in [0.29, 0.717) is 22.3 Å². The molecule has 0 aliphatic carbocycles. The highest BCUT2D eigenvalue weighted by Crippen LogP contribution is 2.19. The molecule has 0 saturated carbocycles. The number of thioether (sulfide) groups is 1. The van der Waals surface area contributed by atoms with Crippen LogP contribution in [-0.2, 0) is 0 Å². The molecule has 0 aliphatic heterocycles. The van der Waals surface area contributed by atoms with Crippen molar-refractivity contribution in [2.24, 2.45) is 0 Å². The molecule has 5 heteroatoms. The van der Waals surface area contributed by atoms with Gasteiger partial charge in [0.2, 0.25) is 0 Å². The van der Waals surface area contributed by atoms with Crippen molar-refractivity contribution in [3.8, 4) is 6.07 Å². The third kappa shape index (κ3) is 3.31. The molecule has 16 heavy (non-hydrogen) atoms. The van der Waals surface area contributed by atoms with Gasteiger partial charge in [0, 0.05) is 18.0 Å². The number of rotatable bonds is 5. The topological polar surface area (TPSA) is 74.7 Å². The first kappa shape index (κ1) is 12.7. The van der Waals surface area contributed by atoms with Gasteiger partial charge < -0.3 is 11.1 Å². The average Bonchev–Trinajstić information content (AvgIpc) is 2.31. The summed E-state index contributed by atoms with van der Waals surface area (Å²) in [6.07, 6.45) is 4.72. The maximum absolute atomic E-state index is 8.81. The minimum Gasteiger partial charge on any atom is -0.395 e. The van der Waals surface area contributed by atoms with Crippen LogP contribution < -0.4 is 11.1 Å². The van der Waals surface area contributed by atoms with E-state index in [1.807, 2.05) is 17.8 Å². The standard InChI is InChI=1S/C11H16N4S/c1-8(16-2)3-5-14-11-10(13)9(7-12)4-6-15-11/h4,6,8H,3,5,13H2,1-2H3,(H,14,15). The minimum atomic E-state index is 0.432. The number of pyridine rings is 1. The summed E-state index contributed by atoms with van der Waals surface area (Å²) in [5.74, 6) is 0.604. The van der Waals surface area contributed by atoms with E-state index in [-0.39, 0.29) is 0 Å². The van der Waals surface area contributed by atoms with Gasteiger partial charge in [0.05, 0.1) is 11.3 Å². The second kappa shape index (κ2) is 6.23. The van der Waals surface area contributed by atoms with Gasteiger partial charge in [-0.25, -0.2) is 4.98 Å². The lowest BCUT2D eigenvalue weighted by molar-refractivity contribution is 0.850. The monoisotopic (exact) mass is 236 g/mol. The Morgan fingerprint density at radius 1 is 1.69 bits per heavy atom. The van der Waals surface area contributed by atoms with Crippen molar-refractivity contribution >= 4 is 23.3 Å². The Morgan fingerprint density at radius 2 is 2.44 bits per heavy atom. The number of nitrogens with one attached hydrogen (secondary N) is 1. The van der Waals surface area contributed by atoms with Crippen molar-refractivity contribution in [2.75, 3.05) is 23.9 Å². The molecule has 0 bridgehead atoms. The van der Waals surface area contributed by atoms with Crippen LogP contribution in [0.2, 0.25) is 0 Å². The molecule has 1 aromatic heterocycles. The van der Waals surface area contributed by atoms with Crippen LogP contribution >= 0.6 is 11.8 Å². The van der Waals surface area contributed by atoms with Crippen LogP contribution in [0.1, 0.15) is 18.9 Å². The SMILES string of the molecule is CSC(C)CCNc1nccc(C#N)c1N. The molecule has 3 N–H and O–H groups in total. The average molecular weight is 236 g/mol. The second-order valence-electron chi connectivity index (χ2n) is 3.49. The molecule has 1 atom stereocenters. The van der Waals surface area contributed by atoms with E-state index < -0.39 is 0 Å². The lowest BCUT2D eigenvalue weighted by Crippen LogP contribution is -2.10. The van der Waals surface area contributed by atoms with Gasteiger partial charge in [0.15, 0.2) is 5.82 Å². The number of nitrogen functional groups attached to an aromatic ring is 1. The highest BCUT2D eigenvalue weighted by atomic mass is 32.2. The number of nitriles is 1. The summed E-state index contributed by atoms with van der Waals surface area (Å²) in [6.45, 7) is 2.99. The van der Waals surface area contributed by atoms with Crippen molar-refractivity contribution < 1.29 is 0 Å². The van der Waals surface area contributed by atoms with Crippen LogP contribution in [0.15, 0.2) is 12.3 Å². The number of anilines is 2. The largest absolute Gasteiger partial charge is 0.395 e. The molecule has 1 heterocycles. The van der Waals surface area contributed by atoms with E-state index in [9.17, 15) is 0 Å². The van der Waals surface area contributed by atoms with Crippen LogP contribution in [0.4, 0.5) is 11.5 Å². The van der Waals surface area contributed by atoms with E-state index in [1.165, 1.54) is 0 Å². The number of nitrogens with zero attached hydrogens (tertiary/aromatic N) is 2. The van der Waals surface area contributed by atoms with E-state index in [1.54, 1.807) is 12.3 Å². The molecule has 1 unspecified atom stereocenters. The van der Waals surface area contributed by atoms with Gasteiger partial charge in [0.25, 0.3) is 0 Å². The van der Waals surface area contributed by atoms with Crippen molar-refractivity contribution in [2.45, 2.75) is 18.6 Å². The maximum Gasteiger partial charge on any atom is 0.150 e. The molecular formula is C11H16N4S. The minimum absolute atomic E-state index is 0.432. The normalized spacial score (nSPS) is 11.8. The number of aromatic nitrogens is 1. The van der Waals surface area contributed by atoms with Crippen molar-refractivity contribution in [3.05, 3.63) is 17.8 Å². The predicted octanol–water partition coefficient (Wildman–Crippen LogP) is 2.09. The summed E-state index contributed by atoms with van der Waals surface area (Å²) in [5, 5.41) is 12.6. The zero-order valence-electron chi connectivity index (χ0n) is 9.53. The molecule has 0 aliphatic rings. The lowest BCUT2D eigenvalue weighted by Gasteiger charge is -2.11. The van der Waals surface area contributed by atoms with Crippen LogP contribution in [0.5, 0.6) is 0 Å². The summed E-state index contributed by atoms with van der Waals surface area (Å²) in [7, 11) is 0. The summed E-state index contributed by atoms with van der Waals surface area (Å²) in [4.78, 5) is 4.12. The smallest absolute Gasteiger partial charge is 0.150 e. The first-order valence-corrected chi connectivity index (χ1v) is 6.39. The molecule has 0 aromatic carbocycles. The van der Waals surface area contributed by atoms with E-state index in [4.69, 9.17) is 11.0 Å². The zero-order valence-corrected chi connectivity index (χ0v) is 10.3. The van der Waals surface area contributed by atoms with Gasteiger partial charge in [-0.2, -0.15) is 17.0 Å². The Bertz CT molecular complexity index is 386. The number of hydrogen-bond acceptors (Lipinski definition) is 5. The summed E-state index contributed by atoms with van der Waals surface area (Å²) >= 11 is 1.83. The van der Waals surface area contributed by atoms with Crippen molar-refractivity contribution in [1.82, 2.24) is 4.98 Å². The van der Waals surface area contributed by atoms with Gasteiger partial charge in [-0.05, 0) is 18.7 Å². The Labute approximate surface area is 100 Å². The second-order valence-corrected chi connectivity index (χ2v) is 4.77. The zero-order chi connectivity index (χ0) is 12.0. The van der Waals surface area contributed by atoms with E-state index in [2.05, 4.69) is 23.5 Å². The molecule has 86 valence electrons. The number of nitrogens with two attached hydrogens (primary N) is 1. The lowest BCUT2D eigenvalue weighted by atomic mass is 10.2. The highest BCUT2D eigenvalue weighted by Gasteiger charge is 2.05. The maximum atomic E-state index is 8.81. The predicted molar refractivity (Wildman–Crippen MR) is 69.4 cm³/mol. The van der Waals surface area contributed by atoms with Gasteiger partial charge >= 0.3 is 0 Å². The molecule has 1 aromatic rings. The van der Waals surface area contributed by atoms with Crippen LogP contribution in [0, 0.1) is 11.3 Å². The molecular weight excluding hydrogens is 220 g/mol. The van der Waals surface area contributed by atoms with Gasteiger partial charge in [-0.3, -0.25) is 0 Å². The summed E-state index contributed by atoms with van der Waals surface area (Å²) < 4.78 is 0. The van der Waals surface area contributed by atoms with E-state index >= 15 is 0 Å². The van der Waals surface area contributed by atoms with Crippen LogP contribution in [0.25, 0.3) is 0 Å². The van der Waals surface area contributed by atoms with Crippen molar-refractivity contribution in [3.63, 3.8) is 0 Å². The fourth-order valence-corrected chi connectivity index (χ4v) is 1.58. The van der Waals surface area contributed by atoms with Gasteiger partial charge in [-0.1, -0.05) is 6.92 Å². The van der Waals surface area contributed by atoms with Gasteiger partial charge in [-0.15, -0.1) is 0 Å². The summed E-state index contributed by atoms with van der Waals surface area (Å²) in [6, 6.07) is 3.65. The Hall–Kier alpha value is -1.41. The molecule has 1 rings (SSSR count). The third-order valence-electron chi connectivity index (χ3n) is 2.36. The first-order chi connectivity index (χ1) is 7.69. The molecule has 0 radical (unpaired) electrons. The Morgan fingerprint density at radius 3 is 3.06 bits per heavy atom. The van der Waals surface area contributed by atoms with Gasteiger partial charge in [0.1, 0.15) is 6.07 Å². The Kier molecular flexibility index (Phi) is 4.93. The fourth-order valence-electron chi connectivity index (χ4n) is 1.22. The van der Waals surface area contributed by atoms with Crippen molar-refractivity contribution in [1.29, 1.82) is 5.26 Å². The molecule has 0 saturated heterocycles. The molecule has 0 spiro atoms. The molecule has 4 nitrogen and oxygen atoms in total. The number of hydrogen-bond donors (Lipinski definition) is 2. The summed E-state index contributed by atoms with van der Waals surface area (Å²) in [5.41, 5.74) is 6.69. The molecule has 0 fully saturated rings. The van der Waals surface area contributed by atoms with Crippen LogP contribution in [0.3, 0.4) is 0 Å². The fraction of sp³-hybridized carbons (Fsp3) is 0.455. The van der Waals surface area contributed by atoms with Crippen LogP contribution in [-0.4, -0.2) is 23.0 Å². The highest BCUT2D eigenvalue weighted by molar-refractivity contribution is 7.99. The van der Waals surface area contributed by atoms with E-state index in [0.717, 1.165) is 13.0 Å². The third-order valence-corrected chi connectivity index (χ3v) is 3.40. The molecule has 0 amide bonds. The quantitative estimate of drug-likeness (QED) is 0.818.